The van der Waals surface area contributed by atoms with Crippen LogP contribution in [0.4, 0.5) is 0 Å². The highest BCUT2D eigenvalue weighted by atomic mass is 33.1. The van der Waals surface area contributed by atoms with Crippen LogP contribution in [0, 0.1) is 11.8 Å². The molecule has 0 aromatic carbocycles. The van der Waals surface area contributed by atoms with Gasteiger partial charge >= 0.3 is 5.97 Å². The summed E-state index contributed by atoms with van der Waals surface area (Å²) in [5, 5.41) is 16.0. The minimum absolute atomic E-state index is 0.0856. The molecule has 8 bridgehead atoms. The highest BCUT2D eigenvalue weighted by molar-refractivity contribution is 8.77. The van der Waals surface area contributed by atoms with Crippen LogP contribution in [0.2, 0.25) is 0 Å². The van der Waals surface area contributed by atoms with E-state index >= 15 is 0 Å². The summed E-state index contributed by atoms with van der Waals surface area (Å²) >= 11 is 0. The van der Waals surface area contributed by atoms with Gasteiger partial charge in [-0.05, 0) is 112 Å². The maximum Gasteiger partial charge on any atom is 0.305 e. The van der Waals surface area contributed by atoms with Gasteiger partial charge in [0, 0.05) is 58.2 Å². The van der Waals surface area contributed by atoms with Crippen LogP contribution in [0.25, 0.3) is 0 Å². The van der Waals surface area contributed by atoms with E-state index in [0.717, 1.165) is 106 Å². The lowest BCUT2D eigenvalue weighted by Gasteiger charge is -2.18. The molecule has 2 fully saturated rings. The van der Waals surface area contributed by atoms with Crippen LogP contribution >= 0.6 is 21.6 Å². The van der Waals surface area contributed by atoms with Gasteiger partial charge in [0.05, 0.1) is 40.8 Å². The summed E-state index contributed by atoms with van der Waals surface area (Å²) < 4.78 is 5.73. The Morgan fingerprint density at radius 3 is 2.36 bits per heavy atom. The van der Waals surface area contributed by atoms with Gasteiger partial charge in [0.1, 0.15) is 5.76 Å². The van der Waals surface area contributed by atoms with Crippen LogP contribution in [0.15, 0.2) is 106 Å². The predicted octanol–water partition coefficient (Wildman–Crippen LogP) is 10.1. The zero-order chi connectivity index (χ0) is 35.1. The zero-order valence-electron chi connectivity index (χ0n) is 30.4. The van der Waals surface area contributed by atoms with E-state index in [2.05, 4.69) is 65.1 Å². The third-order valence-electron chi connectivity index (χ3n) is 11.3. The summed E-state index contributed by atoms with van der Waals surface area (Å²) in [5.74, 6) is 1.89. The maximum absolute atomic E-state index is 12.6. The number of esters is 1. The molecule has 1 aliphatic carbocycles. The van der Waals surface area contributed by atoms with Crippen LogP contribution in [0.1, 0.15) is 106 Å². The van der Waals surface area contributed by atoms with Gasteiger partial charge in [-0.25, -0.2) is 15.0 Å². The van der Waals surface area contributed by atoms with Crippen molar-refractivity contribution in [3.8, 4) is 0 Å². The number of carbonyl (C=O) groups excluding carboxylic acids is 1. The third-order valence-corrected chi connectivity index (χ3v) is 14.3. The number of fused-ring (bicyclic) bond motifs is 5. The SMILES string of the molecule is CCC1=C(C)C2=NC1=CC1=C(C)C3=C(O)CC(=C4NC(=CC5=NC(=C2)C(CC)=C5C)[C@@H](C)[C@@H]4CCCOC(=O)CCCCC2CCSS2)C3=N1. The number of aliphatic hydroxyl groups is 1. The number of aliphatic imine (C=N–C) groups is 3. The monoisotopic (exact) mass is 710 g/mol. The van der Waals surface area contributed by atoms with Gasteiger partial charge in [-0.1, -0.05) is 48.8 Å². The highest BCUT2D eigenvalue weighted by Crippen LogP contribution is 2.46. The number of carbonyl (C=O) groups is 1. The predicted molar refractivity (Wildman–Crippen MR) is 209 cm³/mol. The molecule has 1 unspecified atom stereocenters. The lowest BCUT2D eigenvalue weighted by atomic mass is 9.86. The van der Waals surface area contributed by atoms with Crippen molar-refractivity contribution in [3.05, 3.63) is 91.5 Å². The Hall–Kier alpha value is -3.30. The van der Waals surface area contributed by atoms with Gasteiger partial charge in [0.2, 0.25) is 0 Å². The number of ether oxygens (including phenoxy) is 1. The van der Waals surface area contributed by atoms with Gasteiger partial charge in [-0.2, -0.15) is 0 Å². The van der Waals surface area contributed by atoms with Crippen molar-refractivity contribution in [1.82, 2.24) is 5.32 Å². The number of unbranched alkanes of at least 4 members (excludes halogenated alkanes) is 1. The van der Waals surface area contributed by atoms with E-state index in [1.54, 1.807) is 0 Å². The van der Waals surface area contributed by atoms with E-state index in [-0.39, 0.29) is 17.8 Å². The summed E-state index contributed by atoms with van der Waals surface area (Å²) in [7, 11) is 3.98. The molecule has 7 rings (SSSR count). The molecule has 0 aromatic rings. The van der Waals surface area contributed by atoms with Crippen molar-refractivity contribution in [1.29, 1.82) is 0 Å². The molecule has 0 radical (unpaired) electrons. The first-order valence-electron chi connectivity index (χ1n) is 18.6. The molecule has 7 nitrogen and oxygen atoms in total. The smallest absolute Gasteiger partial charge is 0.305 e. The number of hydrogen-bond donors (Lipinski definition) is 2. The molecule has 0 saturated carbocycles. The van der Waals surface area contributed by atoms with E-state index in [9.17, 15) is 9.90 Å². The summed E-state index contributed by atoms with van der Waals surface area (Å²) in [5.41, 5.74) is 15.6. The first-order valence-corrected chi connectivity index (χ1v) is 21.0. The fourth-order valence-electron chi connectivity index (χ4n) is 8.37. The maximum atomic E-state index is 12.6. The fraction of sp³-hybridized carbons (Fsp3) is 0.512. The Labute approximate surface area is 305 Å². The van der Waals surface area contributed by atoms with Crippen molar-refractivity contribution in [2.75, 3.05) is 12.4 Å². The van der Waals surface area contributed by atoms with Crippen LogP contribution in [-0.4, -0.2) is 45.8 Å². The Balaban J connectivity index is 1.18. The van der Waals surface area contributed by atoms with E-state index < -0.39 is 0 Å². The third kappa shape index (κ3) is 6.60. The molecule has 7 aliphatic rings. The van der Waals surface area contributed by atoms with Crippen LogP contribution < -0.4 is 5.32 Å². The molecule has 50 heavy (non-hydrogen) atoms. The number of rotatable bonds is 11. The van der Waals surface area contributed by atoms with Gasteiger partial charge in [0.15, 0.2) is 0 Å². The molecule has 0 spiro atoms. The second-order valence-electron chi connectivity index (χ2n) is 14.4. The first-order chi connectivity index (χ1) is 24.2. The quantitative estimate of drug-likeness (QED) is 0.126. The van der Waals surface area contributed by atoms with E-state index in [0.29, 0.717) is 25.2 Å². The molecular weight excluding hydrogens is 661 g/mol. The molecule has 3 atom stereocenters. The Kier molecular flexibility index (Phi) is 10.4. The average molecular weight is 711 g/mol. The lowest BCUT2D eigenvalue weighted by Crippen LogP contribution is -2.15. The Morgan fingerprint density at radius 2 is 1.66 bits per heavy atom. The minimum atomic E-state index is -0.0856. The molecule has 0 aromatic heterocycles. The van der Waals surface area contributed by atoms with Gasteiger partial charge in [-0.3, -0.25) is 4.79 Å². The number of hydrogen-bond acceptors (Lipinski definition) is 9. The molecular formula is C41H50N4O3S2. The second kappa shape index (κ2) is 14.7. The second-order valence-corrected chi connectivity index (χ2v) is 17.2. The van der Waals surface area contributed by atoms with Crippen molar-refractivity contribution in [2.45, 2.75) is 111 Å². The van der Waals surface area contributed by atoms with Crippen LogP contribution in [-0.2, 0) is 9.53 Å². The fourth-order valence-corrected chi connectivity index (χ4v) is 11.4. The lowest BCUT2D eigenvalue weighted by molar-refractivity contribution is -0.143. The zero-order valence-corrected chi connectivity index (χ0v) is 32.0. The van der Waals surface area contributed by atoms with Crippen LogP contribution in [0.3, 0.4) is 0 Å². The molecule has 9 heteroatoms. The Bertz CT molecular complexity index is 1860. The van der Waals surface area contributed by atoms with Crippen molar-refractivity contribution >= 4 is 44.7 Å². The largest absolute Gasteiger partial charge is 0.511 e. The highest BCUT2D eigenvalue weighted by Gasteiger charge is 2.41. The molecule has 6 heterocycles. The molecule has 0 amide bonds. The number of allylic oxidation sites excluding steroid dienone is 12. The molecule has 2 saturated heterocycles. The topological polar surface area (TPSA) is 95.6 Å². The van der Waals surface area contributed by atoms with Crippen molar-refractivity contribution in [2.24, 2.45) is 26.8 Å². The van der Waals surface area contributed by atoms with E-state index in [1.807, 2.05) is 21.6 Å². The van der Waals surface area contributed by atoms with E-state index in [4.69, 9.17) is 19.7 Å². The number of nitrogens with one attached hydrogen (secondary N) is 1. The van der Waals surface area contributed by atoms with Crippen LogP contribution in [0.5, 0.6) is 0 Å². The molecule has 2 N–H and O–H groups in total. The minimum Gasteiger partial charge on any atom is -0.511 e. The van der Waals surface area contributed by atoms with E-state index in [1.165, 1.54) is 40.9 Å². The van der Waals surface area contributed by atoms with Gasteiger partial charge in [-0.15, -0.1) is 0 Å². The van der Waals surface area contributed by atoms with Gasteiger partial charge < -0.3 is 15.2 Å². The standard InChI is InChI=1S/C41H50N4O3S2/c1-7-27-22(3)31-19-33-24(5)29(13-11-16-48-38(47)14-10-9-12-26-15-17-49-50-26)40(44-33)30-18-37(46)39-25(6)34(45-41(30)39)21-36-28(8-2)23(4)32(43-36)20-35(27)42-31/h19-21,24,26,29,44,46H,7-18H2,1-6H3/t24-,26?,29-/m0/s1. The average Bonchev–Trinajstić information content (AvgIpc) is 3.94. The van der Waals surface area contributed by atoms with Gasteiger partial charge in [0.25, 0.3) is 0 Å². The Morgan fingerprint density at radius 1 is 0.940 bits per heavy atom. The first kappa shape index (κ1) is 35.1. The normalized spacial score (nSPS) is 25.8. The molecule has 6 aliphatic heterocycles. The van der Waals surface area contributed by atoms with Crippen molar-refractivity contribution in [3.63, 3.8) is 0 Å². The summed E-state index contributed by atoms with van der Waals surface area (Å²) in [6, 6.07) is 0. The number of aliphatic hydroxyl groups excluding tert-OH is 1. The number of nitrogens with zero attached hydrogens (tertiary/aromatic N) is 3. The summed E-state index contributed by atoms with van der Waals surface area (Å²) in [6.07, 6.45) is 15.3. The summed E-state index contributed by atoms with van der Waals surface area (Å²) in [6.45, 7) is 13.5. The summed E-state index contributed by atoms with van der Waals surface area (Å²) in [4.78, 5) is 28.1. The van der Waals surface area contributed by atoms with Crippen molar-refractivity contribution < 1.29 is 14.6 Å². The molecule has 264 valence electrons.